The zero-order chi connectivity index (χ0) is 14.8. The molecule has 4 nitrogen and oxygen atoms in total. The van der Waals surface area contributed by atoms with E-state index >= 15 is 0 Å². The molecule has 7 heteroatoms. The Hall–Kier alpha value is -1.08. The maximum Gasteiger partial charge on any atom is 0.391 e. The minimum Gasteiger partial charge on any atom is -0.338 e. The molecule has 1 aromatic heterocycles. The van der Waals surface area contributed by atoms with E-state index in [0.717, 1.165) is 12.2 Å². The van der Waals surface area contributed by atoms with E-state index in [9.17, 15) is 13.2 Å². The minimum absolute atomic E-state index is 0.0583. The highest BCUT2D eigenvalue weighted by molar-refractivity contribution is 4.97. The molecule has 1 heterocycles. The van der Waals surface area contributed by atoms with Crippen LogP contribution >= 0.6 is 0 Å². The second-order valence-electron chi connectivity index (χ2n) is 5.60. The predicted molar refractivity (Wildman–Crippen MR) is 69.5 cm³/mol. The summed E-state index contributed by atoms with van der Waals surface area (Å²) in [7, 11) is 1.87. The number of rotatable bonds is 4. The Morgan fingerprint density at radius 3 is 2.80 bits per heavy atom. The highest BCUT2D eigenvalue weighted by Crippen LogP contribution is 2.41. The molecule has 1 aliphatic rings. The van der Waals surface area contributed by atoms with E-state index in [1.807, 2.05) is 17.8 Å². The summed E-state index contributed by atoms with van der Waals surface area (Å²) >= 11 is 0. The van der Waals surface area contributed by atoms with E-state index in [1.54, 1.807) is 6.20 Å². The lowest BCUT2D eigenvalue weighted by Gasteiger charge is -2.35. The third-order valence-electron chi connectivity index (χ3n) is 4.28. The first-order valence-corrected chi connectivity index (χ1v) is 6.91. The molecule has 0 aliphatic heterocycles. The zero-order valence-corrected chi connectivity index (χ0v) is 11.5. The Labute approximate surface area is 116 Å². The van der Waals surface area contributed by atoms with E-state index in [4.69, 9.17) is 5.84 Å². The first-order chi connectivity index (χ1) is 9.41. The van der Waals surface area contributed by atoms with Crippen LogP contribution in [0.5, 0.6) is 0 Å². The van der Waals surface area contributed by atoms with Crippen molar-refractivity contribution in [3.05, 3.63) is 18.2 Å². The summed E-state index contributed by atoms with van der Waals surface area (Å²) in [4.78, 5) is 4.21. The van der Waals surface area contributed by atoms with Gasteiger partial charge in [-0.1, -0.05) is 6.42 Å². The van der Waals surface area contributed by atoms with Crippen LogP contribution in [0.4, 0.5) is 13.2 Å². The van der Waals surface area contributed by atoms with Gasteiger partial charge in [0.15, 0.2) is 0 Å². The minimum atomic E-state index is -4.10. The lowest BCUT2D eigenvalue weighted by molar-refractivity contribution is -0.186. The molecule has 1 saturated carbocycles. The van der Waals surface area contributed by atoms with Gasteiger partial charge in [-0.2, -0.15) is 13.2 Å². The van der Waals surface area contributed by atoms with E-state index < -0.39 is 12.1 Å². The summed E-state index contributed by atoms with van der Waals surface area (Å²) in [5.74, 6) is 5.14. The van der Waals surface area contributed by atoms with Crippen LogP contribution in [0.15, 0.2) is 12.4 Å². The second kappa shape index (κ2) is 6.13. The van der Waals surface area contributed by atoms with Crippen LogP contribution in [-0.4, -0.2) is 21.8 Å². The summed E-state index contributed by atoms with van der Waals surface area (Å²) < 4.78 is 40.4. The smallest absolute Gasteiger partial charge is 0.338 e. The van der Waals surface area contributed by atoms with Gasteiger partial charge < -0.3 is 4.57 Å². The molecule has 0 spiro atoms. The average molecular weight is 290 g/mol. The molecule has 0 radical (unpaired) electrons. The van der Waals surface area contributed by atoms with Crippen molar-refractivity contribution in [1.29, 1.82) is 0 Å². The third kappa shape index (κ3) is 3.52. The Kier molecular flexibility index (Phi) is 4.70. The van der Waals surface area contributed by atoms with Crippen molar-refractivity contribution in [3.63, 3.8) is 0 Å². The fraction of sp³-hybridized carbons (Fsp3) is 0.769. The lowest BCUT2D eigenvalue weighted by Crippen LogP contribution is -2.45. The summed E-state index contributed by atoms with van der Waals surface area (Å²) in [5, 5.41) is 0. The summed E-state index contributed by atoms with van der Waals surface area (Å²) in [6, 6.07) is -0.166. The summed E-state index contributed by atoms with van der Waals surface area (Å²) in [6.45, 7) is 0. The normalized spacial score (nSPS) is 25.6. The van der Waals surface area contributed by atoms with E-state index in [-0.39, 0.29) is 24.8 Å². The monoisotopic (exact) mass is 290 g/mol. The van der Waals surface area contributed by atoms with Gasteiger partial charge in [-0.3, -0.25) is 11.3 Å². The largest absolute Gasteiger partial charge is 0.391 e. The Bertz CT molecular complexity index is 429. The number of nitrogens with zero attached hydrogens (tertiary/aromatic N) is 2. The van der Waals surface area contributed by atoms with Crippen LogP contribution in [-0.2, 0) is 13.5 Å². The Morgan fingerprint density at radius 1 is 1.50 bits per heavy atom. The second-order valence-corrected chi connectivity index (χ2v) is 5.60. The maximum absolute atomic E-state index is 12.9. The van der Waals surface area contributed by atoms with Crippen LogP contribution in [0, 0.1) is 11.8 Å². The van der Waals surface area contributed by atoms with Crippen molar-refractivity contribution >= 4 is 0 Å². The number of hydrazine groups is 1. The van der Waals surface area contributed by atoms with Crippen molar-refractivity contribution in [2.45, 2.75) is 44.3 Å². The molecule has 3 atom stereocenters. The topological polar surface area (TPSA) is 55.9 Å². The molecule has 1 aromatic rings. The lowest BCUT2D eigenvalue weighted by atomic mass is 9.77. The molecule has 1 fully saturated rings. The highest BCUT2D eigenvalue weighted by atomic mass is 19.4. The fourth-order valence-corrected chi connectivity index (χ4v) is 3.04. The van der Waals surface area contributed by atoms with Crippen LogP contribution in [0.1, 0.15) is 31.5 Å². The number of nitrogens with one attached hydrogen (secondary N) is 1. The molecule has 114 valence electrons. The number of hydrogen-bond donors (Lipinski definition) is 2. The number of imidazole rings is 1. The van der Waals surface area contributed by atoms with Crippen molar-refractivity contribution in [2.24, 2.45) is 24.7 Å². The molecule has 3 unspecified atom stereocenters. The maximum atomic E-state index is 12.9. The highest BCUT2D eigenvalue weighted by Gasteiger charge is 2.43. The average Bonchev–Trinajstić information content (AvgIpc) is 2.80. The molecule has 0 saturated heterocycles. The van der Waals surface area contributed by atoms with Crippen molar-refractivity contribution in [1.82, 2.24) is 15.0 Å². The summed E-state index contributed by atoms with van der Waals surface area (Å²) in [5.41, 5.74) is 2.69. The fourth-order valence-electron chi connectivity index (χ4n) is 3.04. The SMILES string of the molecule is Cn1ccnc1CC(NN)C1CCCC(C(F)(F)F)C1. The molecule has 1 aliphatic carbocycles. The van der Waals surface area contributed by atoms with Crippen LogP contribution in [0.2, 0.25) is 0 Å². The number of hydrogen-bond acceptors (Lipinski definition) is 3. The predicted octanol–water partition coefficient (Wildman–Crippen LogP) is 2.16. The molecule has 0 amide bonds. The van der Waals surface area contributed by atoms with Crippen LogP contribution in [0.25, 0.3) is 0 Å². The molecule has 0 aromatic carbocycles. The first-order valence-electron chi connectivity index (χ1n) is 6.91. The van der Waals surface area contributed by atoms with Crippen LogP contribution < -0.4 is 11.3 Å². The molecular weight excluding hydrogens is 269 g/mol. The Morgan fingerprint density at radius 2 is 2.25 bits per heavy atom. The zero-order valence-electron chi connectivity index (χ0n) is 11.5. The number of alkyl halides is 3. The quantitative estimate of drug-likeness (QED) is 0.660. The van der Waals surface area contributed by atoms with Gasteiger partial charge in [0, 0.05) is 31.9 Å². The Balaban J connectivity index is 2.02. The van der Waals surface area contributed by atoms with Gasteiger partial charge in [0.2, 0.25) is 0 Å². The van der Waals surface area contributed by atoms with E-state index in [2.05, 4.69) is 10.4 Å². The van der Waals surface area contributed by atoms with Gasteiger partial charge in [0.25, 0.3) is 0 Å². The van der Waals surface area contributed by atoms with Crippen molar-refractivity contribution in [2.75, 3.05) is 0 Å². The molecule has 3 N–H and O–H groups in total. The summed E-state index contributed by atoms with van der Waals surface area (Å²) in [6.07, 6.45) is 1.74. The number of halogens is 3. The van der Waals surface area contributed by atoms with Gasteiger partial charge in [-0.15, -0.1) is 0 Å². The number of nitrogens with two attached hydrogens (primary N) is 1. The molecule has 20 heavy (non-hydrogen) atoms. The van der Waals surface area contributed by atoms with E-state index in [1.165, 1.54) is 0 Å². The number of aromatic nitrogens is 2. The molecule has 2 rings (SSSR count). The third-order valence-corrected chi connectivity index (χ3v) is 4.28. The standard InChI is InChI=1S/C13H21F3N4/c1-20-6-5-18-12(20)8-11(19-17)9-3-2-4-10(7-9)13(14,15)16/h5-6,9-11,19H,2-4,7-8,17H2,1H3. The van der Waals surface area contributed by atoms with Crippen LogP contribution in [0.3, 0.4) is 0 Å². The van der Waals surface area contributed by atoms with Gasteiger partial charge in [-0.05, 0) is 25.2 Å². The molecular formula is C13H21F3N4. The molecule has 0 bridgehead atoms. The first kappa shape index (κ1) is 15.3. The van der Waals surface area contributed by atoms with Gasteiger partial charge in [0.1, 0.15) is 5.82 Å². The van der Waals surface area contributed by atoms with Gasteiger partial charge in [0.05, 0.1) is 5.92 Å². The van der Waals surface area contributed by atoms with Crippen molar-refractivity contribution in [3.8, 4) is 0 Å². The van der Waals surface area contributed by atoms with E-state index in [0.29, 0.717) is 12.8 Å². The van der Waals surface area contributed by atoms with Crippen molar-refractivity contribution < 1.29 is 13.2 Å². The van der Waals surface area contributed by atoms with Gasteiger partial charge >= 0.3 is 6.18 Å². The number of aryl methyl sites for hydroxylation is 1. The van der Waals surface area contributed by atoms with Gasteiger partial charge in [-0.25, -0.2) is 4.98 Å².